The molecule has 27 heavy (non-hydrogen) atoms. The van der Waals surface area contributed by atoms with Crippen molar-refractivity contribution < 1.29 is 19.1 Å². The number of benzene rings is 2. The molecular formula is C21H18ClNO4. The van der Waals surface area contributed by atoms with E-state index in [1.165, 1.54) is 11.0 Å². The Bertz CT molecular complexity index is 885. The number of ether oxygens (including phenoxy) is 1. The Hall–Kier alpha value is -2.66. The maximum absolute atomic E-state index is 12.7. The summed E-state index contributed by atoms with van der Waals surface area (Å²) < 4.78 is 5.34. The van der Waals surface area contributed by atoms with Crippen LogP contribution in [0.5, 0.6) is 5.75 Å². The summed E-state index contributed by atoms with van der Waals surface area (Å²) in [5.74, 6) is -0.961. The molecule has 1 aliphatic carbocycles. The van der Waals surface area contributed by atoms with Crippen molar-refractivity contribution >= 4 is 35.1 Å². The molecular weight excluding hydrogens is 366 g/mol. The van der Waals surface area contributed by atoms with Gasteiger partial charge in [0.15, 0.2) is 0 Å². The average molecular weight is 384 g/mol. The number of halogens is 1. The number of rotatable bonds is 3. The standard InChI is InChI=1S/C21H18ClNO4/c22-14-8-10-16(11-9-14)27-21(26)13-4-3-5-15(12-13)23-19(24)17-6-1-2-7-18(17)20(23)25/h3-5,8-12,17-18H,1-2,6-7H2. The largest absolute Gasteiger partial charge is 0.423 e. The quantitative estimate of drug-likeness (QED) is 0.452. The molecule has 2 aromatic rings. The summed E-state index contributed by atoms with van der Waals surface area (Å²) in [5, 5.41) is 0.546. The lowest BCUT2D eigenvalue weighted by Crippen LogP contribution is -2.31. The molecule has 2 aromatic carbocycles. The van der Waals surface area contributed by atoms with E-state index in [1.54, 1.807) is 42.5 Å². The van der Waals surface area contributed by atoms with E-state index < -0.39 is 5.97 Å². The minimum Gasteiger partial charge on any atom is -0.423 e. The van der Waals surface area contributed by atoms with Crippen LogP contribution in [0.25, 0.3) is 0 Å². The highest BCUT2D eigenvalue weighted by Gasteiger charge is 2.48. The fraction of sp³-hybridized carbons (Fsp3) is 0.286. The highest BCUT2D eigenvalue weighted by Crippen LogP contribution is 2.40. The average Bonchev–Trinajstić information content (AvgIpc) is 2.95. The topological polar surface area (TPSA) is 63.7 Å². The molecule has 2 unspecified atom stereocenters. The molecule has 5 nitrogen and oxygen atoms in total. The third-order valence-corrected chi connectivity index (χ3v) is 5.46. The molecule has 2 amide bonds. The van der Waals surface area contributed by atoms with Crippen LogP contribution in [0.3, 0.4) is 0 Å². The summed E-state index contributed by atoms with van der Waals surface area (Å²) in [6, 6.07) is 12.9. The van der Waals surface area contributed by atoms with Gasteiger partial charge in [-0.15, -0.1) is 0 Å². The Kier molecular flexibility index (Phi) is 4.70. The number of esters is 1. The van der Waals surface area contributed by atoms with Gasteiger partial charge in [0.1, 0.15) is 5.75 Å². The first-order valence-electron chi connectivity index (χ1n) is 9.00. The van der Waals surface area contributed by atoms with E-state index in [0.717, 1.165) is 25.7 Å². The number of carbonyl (C=O) groups is 3. The Balaban J connectivity index is 1.57. The van der Waals surface area contributed by atoms with Crippen LogP contribution in [0.15, 0.2) is 48.5 Å². The minimum absolute atomic E-state index is 0.159. The lowest BCUT2D eigenvalue weighted by molar-refractivity contribution is -0.122. The van der Waals surface area contributed by atoms with Crippen LogP contribution in [0.4, 0.5) is 5.69 Å². The van der Waals surface area contributed by atoms with E-state index >= 15 is 0 Å². The van der Waals surface area contributed by atoms with Gasteiger partial charge in [-0.3, -0.25) is 14.5 Å². The fourth-order valence-electron chi connectivity index (χ4n) is 3.86. The zero-order chi connectivity index (χ0) is 19.0. The highest BCUT2D eigenvalue weighted by molar-refractivity contribution is 6.30. The molecule has 0 aromatic heterocycles. The predicted molar refractivity (Wildman–Crippen MR) is 101 cm³/mol. The van der Waals surface area contributed by atoms with Gasteiger partial charge in [-0.2, -0.15) is 0 Å². The van der Waals surface area contributed by atoms with Crippen LogP contribution in [-0.4, -0.2) is 17.8 Å². The van der Waals surface area contributed by atoms with Gasteiger partial charge in [0, 0.05) is 5.02 Å². The molecule has 0 spiro atoms. The summed E-state index contributed by atoms with van der Waals surface area (Å²) in [7, 11) is 0. The monoisotopic (exact) mass is 383 g/mol. The molecule has 0 N–H and O–H groups in total. The Morgan fingerprint density at radius 1 is 0.963 bits per heavy atom. The van der Waals surface area contributed by atoms with Crippen molar-refractivity contribution in [2.24, 2.45) is 11.8 Å². The molecule has 6 heteroatoms. The van der Waals surface area contributed by atoms with E-state index in [0.29, 0.717) is 16.5 Å². The van der Waals surface area contributed by atoms with Crippen molar-refractivity contribution in [3.8, 4) is 5.75 Å². The summed E-state index contributed by atoms with van der Waals surface area (Å²) in [4.78, 5) is 39.1. The SMILES string of the molecule is O=C(Oc1ccc(Cl)cc1)c1cccc(N2C(=O)C3CCCCC3C2=O)c1. The van der Waals surface area contributed by atoms with Crippen molar-refractivity contribution in [1.29, 1.82) is 0 Å². The number of hydrogen-bond donors (Lipinski definition) is 0. The minimum atomic E-state index is -0.560. The van der Waals surface area contributed by atoms with Gasteiger partial charge in [0.25, 0.3) is 0 Å². The molecule has 2 atom stereocenters. The molecule has 138 valence electrons. The molecule has 2 aliphatic rings. The van der Waals surface area contributed by atoms with Crippen molar-refractivity contribution in [2.45, 2.75) is 25.7 Å². The van der Waals surface area contributed by atoms with Gasteiger partial charge in [0.05, 0.1) is 23.1 Å². The van der Waals surface area contributed by atoms with Crippen molar-refractivity contribution in [3.63, 3.8) is 0 Å². The number of anilines is 1. The van der Waals surface area contributed by atoms with E-state index in [2.05, 4.69) is 0 Å². The predicted octanol–water partition coefficient (Wildman–Crippen LogP) is 4.24. The number of imide groups is 1. The second-order valence-corrected chi connectivity index (χ2v) is 7.34. The highest BCUT2D eigenvalue weighted by atomic mass is 35.5. The first-order valence-corrected chi connectivity index (χ1v) is 9.38. The van der Waals surface area contributed by atoms with Gasteiger partial charge in [-0.25, -0.2) is 4.79 Å². The van der Waals surface area contributed by atoms with E-state index in [1.807, 2.05) is 0 Å². The first kappa shape index (κ1) is 17.7. The number of carbonyl (C=O) groups excluding carboxylic acids is 3. The summed E-state index contributed by atoms with van der Waals surface area (Å²) in [6.07, 6.45) is 3.46. The zero-order valence-electron chi connectivity index (χ0n) is 14.6. The number of fused-ring (bicyclic) bond motifs is 1. The van der Waals surface area contributed by atoms with Crippen LogP contribution in [-0.2, 0) is 9.59 Å². The smallest absolute Gasteiger partial charge is 0.343 e. The van der Waals surface area contributed by atoms with Crippen LogP contribution in [0, 0.1) is 11.8 Å². The van der Waals surface area contributed by atoms with Crippen LogP contribution < -0.4 is 9.64 Å². The Morgan fingerprint density at radius 3 is 2.22 bits per heavy atom. The third kappa shape index (κ3) is 3.35. The van der Waals surface area contributed by atoms with Crippen molar-refractivity contribution in [1.82, 2.24) is 0 Å². The van der Waals surface area contributed by atoms with E-state index in [4.69, 9.17) is 16.3 Å². The molecule has 4 rings (SSSR count). The lowest BCUT2D eigenvalue weighted by atomic mass is 9.81. The molecule has 1 saturated carbocycles. The molecule has 2 fully saturated rings. The van der Waals surface area contributed by atoms with Crippen LogP contribution in [0.2, 0.25) is 5.02 Å². The molecule has 0 radical (unpaired) electrons. The lowest BCUT2D eigenvalue weighted by Gasteiger charge is -2.19. The van der Waals surface area contributed by atoms with Crippen molar-refractivity contribution in [3.05, 3.63) is 59.1 Å². The van der Waals surface area contributed by atoms with Crippen molar-refractivity contribution in [2.75, 3.05) is 4.90 Å². The molecule has 0 bridgehead atoms. The van der Waals surface area contributed by atoms with E-state index in [9.17, 15) is 14.4 Å². The maximum atomic E-state index is 12.7. The number of hydrogen-bond acceptors (Lipinski definition) is 4. The molecule has 1 aliphatic heterocycles. The number of nitrogens with zero attached hydrogens (tertiary/aromatic N) is 1. The summed E-state index contributed by atoms with van der Waals surface area (Å²) in [6.45, 7) is 0. The van der Waals surface area contributed by atoms with Crippen LogP contribution in [0.1, 0.15) is 36.0 Å². The van der Waals surface area contributed by atoms with Gasteiger partial charge in [0.2, 0.25) is 11.8 Å². The summed E-state index contributed by atoms with van der Waals surface area (Å²) >= 11 is 5.83. The maximum Gasteiger partial charge on any atom is 0.343 e. The zero-order valence-corrected chi connectivity index (χ0v) is 15.3. The second kappa shape index (κ2) is 7.16. The Morgan fingerprint density at radius 2 is 1.59 bits per heavy atom. The Labute approximate surface area is 161 Å². The van der Waals surface area contributed by atoms with Gasteiger partial charge < -0.3 is 4.74 Å². The van der Waals surface area contributed by atoms with Gasteiger partial charge in [-0.1, -0.05) is 30.5 Å². The van der Waals surface area contributed by atoms with E-state index in [-0.39, 0.29) is 29.2 Å². The van der Waals surface area contributed by atoms with Gasteiger partial charge >= 0.3 is 5.97 Å². The van der Waals surface area contributed by atoms with Gasteiger partial charge in [-0.05, 0) is 55.3 Å². The summed E-state index contributed by atoms with van der Waals surface area (Å²) in [5.41, 5.74) is 0.697. The van der Waals surface area contributed by atoms with Crippen LogP contribution >= 0.6 is 11.6 Å². The third-order valence-electron chi connectivity index (χ3n) is 5.21. The second-order valence-electron chi connectivity index (χ2n) is 6.90. The normalized spacial score (nSPS) is 21.9. The number of amides is 2. The fourth-order valence-corrected chi connectivity index (χ4v) is 3.98. The first-order chi connectivity index (χ1) is 13.0. The molecule has 1 heterocycles. The molecule has 1 saturated heterocycles.